The molecule has 0 unspecified atom stereocenters. The van der Waals surface area contributed by atoms with Crippen molar-refractivity contribution >= 4 is 29.1 Å². The van der Waals surface area contributed by atoms with Gasteiger partial charge < -0.3 is 10.2 Å². The van der Waals surface area contributed by atoms with Gasteiger partial charge in [0.2, 0.25) is 0 Å². The van der Waals surface area contributed by atoms with Crippen molar-refractivity contribution in [3.63, 3.8) is 0 Å². The van der Waals surface area contributed by atoms with Gasteiger partial charge in [0, 0.05) is 19.2 Å². The summed E-state index contributed by atoms with van der Waals surface area (Å²) in [6, 6.07) is 1.80. The predicted molar refractivity (Wildman–Crippen MR) is 76.1 cm³/mol. The number of rotatable bonds is 3. The molecule has 1 aliphatic heterocycles. The normalized spacial score (nSPS) is 14.6. The van der Waals surface area contributed by atoms with Gasteiger partial charge in [-0.1, -0.05) is 4.49 Å². The number of anilines is 2. The maximum atomic E-state index is 12.1. The van der Waals surface area contributed by atoms with Crippen molar-refractivity contribution in [2.75, 3.05) is 23.3 Å². The summed E-state index contributed by atoms with van der Waals surface area (Å²) in [4.78, 5) is 23.1. The Bertz CT molecular complexity index is 622. The highest BCUT2D eigenvalue weighted by Crippen LogP contribution is 2.20. The predicted octanol–water partition coefficient (Wildman–Crippen LogP) is 1.49. The number of nitrogens with zero attached hydrogens (tertiary/aromatic N) is 5. The monoisotopic (exact) mass is 290 g/mol. The quantitative estimate of drug-likeness (QED) is 0.922. The molecule has 3 rings (SSSR count). The van der Waals surface area contributed by atoms with Gasteiger partial charge >= 0.3 is 0 Å². The molecule has 20 heavy (non-hydrogen) atoms. The van der Waals surface area contributed by atoms with Crippen LogP contribution >= 0.6 is 11.5 Å². The van der Waals surface area contributed by atoms with Crippen LogP contribution < -0.4 is 10.2 Å². The van der Waals surface area contributed by atoms with Crippen LogP contribution in [0.1, 0.15) is 28.2 Å². The Balaban J connectivity index is 1.76. The van der Waals surface area contributed by atoms with Crippen LogP contribution in [0, 0.1) is 6.92 Å². The Morgan fingerprint density at radius 3 is 2.85 bits per heavy atom. The zero-order chi connectivity index (χ0) is 13.9. The molecule has 1 fully saturated rings. The first-order chi connectivity index (χ1) is 9.74. The molecule has 2 aromatic heterocycles. The second kappa shape index (κ2) is 5.49. The molecule has 3 heterocycles. The molecule has 104 valence electrons. The lowest BCUT2D eigenvalue weighted by molar-refractivity contribution is 0.102. The minimum atomic E-state index is -0.233. The summed E-state index contributed by atoms with van der Waals surface area (Å²) in [6.45, 7) is 3.76. The lowest BCUT2D eigenvalue weighted by atomic mass is 10.3. The van der Waals surface area contributed by atoms with E-state index in [1.165, 1.54) is 19.2 Å². The molecule has 0 atom stereocenters. The minimum absolute atomic E-state index is 0.233. The van der Waals surface area contributed by atoms with Gasteiger partial charge in [-0.05, 0) is 31.3 Å². The number of nitrogens with one attached hydrogen (secondary N) is 1. The standard InChI is InChI=1S/C12H14N6OS/c1-8-11(20-17-16-8)12(19)15-9-6-10(14-7-13-9)18-4-2-3-5-18/h6-7H,2-5H2,1H3,(H,13,14,15,19). The van der Waals surface area contributed by atoms with Gasteiger partial charge in [-0.15, -0.1) is 5.10 Å². The first-order valence-corrected chi connectivity index (χ1v) is 7.18. The molecule has 0 radical (unpaired) electrons. The van der Waals surface area contributed by atoms with Gasteiger partial charge in [0.1, 0.15) is 22.8 Å². The maximum Gasteiger partial charge on any atom is 0.270 e. The topological polar surface area (TPSA) is 83.9 Å². The number of carbonyl (C=O) groups excluding carboxylic acids is 1. The number of aryl methyl sites for hydroxylation is 1. The van der Waals surface area contributed by atoms with Crippen LogP contribution in [0.25, 0.3) is 0 Å². The summed E-state index contributed by atoms with van der Waals surface area (Å²) < 4.78 is 3.75. The highest BCUT2D eigenvalue weighted by Gasteiger charge is 2.16. The lowest BCUT2D eigenvalue weighted by Gasteiger charge is -2.16. The Hall–Kier alpha value is -2.09. The molecule has 0 saturated carbocycles. The summed E-state index contributed by atoms with van der Waals surface area (Å²) in [5.41, 5.74) is 0.626. The van der Waals surface area contributed by atoms with Crippen LogP contribution in [0.3, 0.4) is 0 Å². The van der Waals surface area contributed by atoms with Crippen molar-refractivity contribution in [3.8, 4) is 0 Å². The summed E-state index contributed by atoms with van der Waals surface area (Å²) in [6.07, 6.45) is 3.83. The van der Waals surface area contributed by atoms with Crippen LogP contribution in [-0.2, 0) is 0 Å². The fraction of sp³-hybridized carbons (Fsp3) is 0.417. The molecule has 0 aromatic carbocycles. The first-order valence-electron chi connectivity index (χ1n) is 6.41. The van der Waals surface area contributed by atoms with Gasteiger partial charge in [0.25, 0.3) is 5.91 Å². The molecule has 1 N–H and O–H groups in total. The van der Waals surface area contributed by atoms with Crippen molar-refractivity contribution in [3.05, 3.63) is 23.0 Å². The zero-order valence-electron chi connectivity index (χ0n) is 11.0. The van der Waals surface area contributed by atoms with Crippen molar-refractivity contribution in [1.82, 2.24) is 19.6 Å². The van der Waals surface area contributed by atoms with Crippen LogP contribution in [0.2, 0.25) is 0 Å². The van der Waals surface area contributed by atoms with E-state index in [-0.39, 0.29) is 5.91 Å². The molecule has 0 spiro atoms. The van der Waals surface area contributed by atoms with E-state index in [1.54, 1.807) is 13.0 Å². The van der Waals surface area contributed by atoms with Crippen LogP contribution in [0.5, 0.6) is 0 Å². The van der Waals surface area contributed by atoms with Crippen molar-refractivity contribution in [2.45, 2.75) is 19.8 Å². The van der Waals surface area contributed by atoms with Gasteiger partial charge in [0.15, 0.2) is 0 Å². The smallest absolute Gasteiger partial charge is 0.270 e. The summed E-state index contributed by atoms with van der Waals surface area (Å²) in [7, 11) is 0. The molecule has 7 nitrogen and oxygen atoms in total. The Morgan fingerprint density at radius 2 is 2.15 bits per heavy atom. The van der Waals surface area contributed by atoms with Crippen LogP contribution in [0.15, 0.2) is 12.4 Å². The number of aromatic nitrogens is 4. The zero-order valence-corrected chi connectivity index (χ0v) is 11.9. The third-order valence-electron chi connectivity index (χ3n) is 3.18. The van der Waals surface area contributed by atoms with E-state index in [0.29, 0.717) is 16.4 Å². The Morgan fingerprint density at radius 1 is 1.35 bits per heavy atom. The largest absolute Gasteiger partial charge is 0.356 e. The molecule has 1 amide bonds. The molecular weight excluding hydrogens is 276 g/mol. The molecule has 0 aliphatic carbocycles. The average Bonchev–Trinajstić information content (AvgIpc) is 3.09. The summed E-state index contributed by atoms with van der Waals surface area (Å²) >= 11 is 1.08. The summed E-state index contributed by atoms with van der Waals surface area (Å²) in [5.74, 6) is 1.12. The average molecular weight is 290 g/mol. The van der Waals surface area contributed by atoms with Crippen molar-refractivity contribution in [1.29, 1.82) is 0 Å². The molecule has 1 saturated heterocycles. The third kappa shape index (κ3) is 2.60. The van der Waals surface area contributed by atoms with Crippen molar-refractivity contribution < 1.29 is 4.79 Å². The van der Waals surface area contributed by atoms with E-state index >= 15 is 0 Å². The highest BCUT2D eigenvalue weighted by molar-refractivity contribution is 7.08. The van der Waals surface area contributed by atoms with E-state index in [9.17, 15) is 4.79 Å². The van der Waals surface area contributed by atoms with E-state index in [1.807, 2.05) is 0 Å². The minimum Gasteiger partial charge on any atom is -0.356 e. The van der Waals surface area contributed by atoms with E-state index in [4.69, 9.17) is 0 Å². The van der Waals surface area contributed by atoms with E-state index in [2.05, 4.69) is 29.8 Å². The number of amides is 1. The van der Waals surface area contributed by atoms with E-state index < -0.39 is 0 Å². The third-order valence-corrected chi connectivity index (χ3v) is 4.01. The molecule has 8 heteroatoms. The second-order valence-electron chi connectivity index (χ2n) is 4.60. The van der Waals surface area contributed by atoms with Gasteiger partial charge in [-0.2, -0.15) is 0 Å². The highest BCUT2D eigenvalue weighted by atomic mass is 32.1. The Labute approximate surface area is 120 Å². The van der Waals surface area contributed by atoms with E-state index in [0.717, 1.165) is 30.4 Å². The number of hydrogen-bond acceptors (Lipinski definition) is 7. The fourth-order valence-corrected chi connectivity index (χ4v) is 2.70. The molecule has 2 aromatic rings. The number of carbonyl (C=O) groups is 1. The van der Waals surface area contributed by atoms with Crippen LogP contribution in [-0.4, -0.2) is 38.6 Å². The molecular formula is C12H14N6OS. The summed E-state index contributed by atoms with van der Waals surface area (Å²) in [5, 5.41) is 6.59. The van der Waals surface area contributed by atoms with Crippen LogP contribution in [0.4, 0.5) is 11.6 Å². The lowest BCUT2D eigenvalue weighted by Crippen LogP contribution is -2.20. The molecule has 0 bridgehead atoms. The second-order valence-corrected chi connectivity index (χ2v) is 5.35. The number of hydrogen-bond donors (Lipinski definition) is 1. The van der Waals surface area contributed by atoms with Gasteiger partial charge in [-0.25, -0.2) is 9.97 Å². The SMILES string of the molecule is Cc1nnsc1C(=O)Nc1cc(N2CCCC2)ncn1. The fourth-order valence-electron chi connectivity index (χ4n) is 2.15. The molecule has 1 aliphatic rings. The van der Waals surface area contributed by atoms with Crippen molar-refractivity contribution in [2.24, 2.45) is 0 Å². The first kappa shape index (κ1) is 12.9. The van der Waals surface area contributed by atoms with Gasteiger partial charge in [-0.3, -0.25) is 4.79 Å². The van der Waals surface area contributed by atoms with Gasteiger partial charge in [0.05, 0.1) is 5.69 Å². The maximum absolute atomic E-state index is 12.1. The Kier molecular flexibility index (Phi) is 3.55.